The van der Waals surface area contributed by atoms with Gasteiger partial charge in [0, 0.05) is 26.5 Å². The van der Waals surface area contributed by atoms with Gasteiger partial charge in [0.2, 0.25) is 0 Å². The normalized spacial score (nSPS) is 15.9. The molecule has 2 heterocycles. The summed E-state index contributed by atoms with van der Waals surface area (Å²) in [5.74, 6) is 0.306. The molecular formula is C14H19N5O2. The van der Waals surface area contributed by atoms with Crippen LogP contribution in [0.1, 0.15) is 19.3 Å². The SMILES string of the molecule is COCCC1(CNC(=O)Nc2nc3ccccn3n2)CC1. The molecule has 7 heteroatoms. The Kier molecular flexibility index (Phi) is 3.74. The molecule has 7 nitrogen and oxygen atoms in total. The van der Waals surface area contributed by atoms with Gasteiger partial charge in [0.1, 0.15) is 0 Å². The Morgan fingerprint density at radius 2 is 2.33 bits per heavy atom. The van der Waals surface area contributed by atoms with Crippen molar-refractivity contribution in [2.45, 2.75) is 19.3 Å². The Morgan fingerprint density at radius 3 is 3.05 bits per heavy atom. The number of nitrogens with zero attached hydrogens (tertiary/aromatic N) is 3. The summed E-state index contributed by atoms with van der Waals surface area (Å²) in [4.78, 5) is 16.1. The number of nitrogens with one attached hydrogen (secondary N) is 2. The Bertz CT molecular complexity index is 602. The average Bonchev–Trinajstić information content (AvgIpc) is 3.14. The minimum atomic E-state index is -0.269. The lowest BCUT2D eigenvalue weighted by Gasteiger charge is -2.15. The summed E-state index contributed by atoms with van der Waals surface area (Å²) in [7, 11) is 1.70. The lowest BCUT2D eigenvalue weighted by atomic mass is 10.0. The highest BCUT2D eigenvalue weighted by Crippen LogP contribution is 2.48. The average molecular weight is 289 g/mol. The van der Waals surface area contributed by atoms with Crippen molar-refractivity contribution < 1.29 is 9.53 Å². The number of aromatic nitrogens is 3. The Labute approximate surface area is 122 Å². The van der Waals surface area contributed by atoms with Gasteiger partial charge in [0.15, 0.2) is 5.65 Å². The van der Waals surface area contributed by atoms with E-state index in [1.807, 2.05) is 18.2 Å². The van der Waals surface area contributed by atoms with Crippen molar-refractivity contribution in [2.75, 3.05) is 25.6 Å². The summed E-state index contributed by atoms with van der Waals surface area (Å²) in [5.41, 5.74) is 0.922. The summed E-state index contributed by atoms with van der Waals surface area (Å²) in [6, 6.07) is 5.30. The van der Waals surface area contributed by atoms with E-state index in [2.05, 4.69) is 20.7 Å². The van der Waals surface area contributed by atoms with Crippen molar-refractivity contribution in [3.63, 3.8) is 0 Å². The van der Waals surface area contributed by atoms with Crippen LogP contribution in [0.15, 0.2) is 24.4 Å². The van der Waals surface area contributed by atoms with Crippen molar-refractivity contribution in [1.29, 1.82) is 0 Å². The van der Waals surface area contributed by atoms with E-state index in [1.165, 1.54) is 0 Å². The van der Waals surface area contributed by atoms with Crippen molar-refractivity contribution in [2.24, 2.45) is 5.41 Å². The molecule has 1 fully saturated rings. The molecule has 0 unspecified atom stereocenters. The zero-order valence-corrected chi connectivity index (χ0v) is 12.0. The number of anilines is 1. The van der Waals surface area contributed by atoms with Crippen LogP contribution in [0.5, 0.6) is 0 Å². The van der Waals surface area contributed by atoms with Gasteiger partial charge in [-0.15, -0.1) is 5.10 Å². The standard InChI is InChI=1S/C14H19N5O2/c1-21-9-7-14(5-6-14)10-15-13(20)17-12-16-11-4-2-3-8-19(11)18-12/h2-4,8H,5-7,9-10H2,1H3,(H2,15,17,18,20). The van der Waals surface area contributed by atoms with Gasteiger partial charge in [-0.1, -0.05) is 6.07 Å². The zero-order chi connectivity index (χ0) is 14.7. The van der Waals surface area contributed by atoms with Crippen molar-refractivity contribution in [3.8, 4) is 0 Å². The van der Waals surface area contributed by atoms with Crippen molar-refractivity contribution in [3.05, 3.63) is 24.4 Å². The molecule has 0 saturated heterocycles. The van der Waals surface area contributed by atoms with E-state index in [0.29, 0.717) is 18.1 Å². The van der Waals surface area contributed by atoms with Crippen LogP contribution in [0.4, 0.5) is 10.7 Å². The minimum Gasteiger partial charge on any atom is -0.385 e. The predicted octanol–water partition coefficient (Wildman–Crippen LogP) is 1.67. The number of pyridine rings is 1. The number of hydrogen-bond acceptors (Lipinski definition) is 4. The number of rotatable bonds is 6. The summed E-state index contributed by atoms with van der Waals surface area (Å²) >= 11 is 0. The smallest absolute Gasteiger partial charge is 0.321 e. The van der Waals surface area contributed by atoms with Gasteiger partial charge in [0.25, 0.3) is 5.95 Å². The third-order valence-corrected chi connectivity index (χ3v) is 3.88. The van der Waals surface area contributed by atoms with Crippen LogP contribution < -0.4 is 10.6 Å². The number of fused-ring (bicyclic) bond motifs is 1. The Hall–Kier alpha value is -2.15. The number of carbonyl (C=O) groups is 1. The molecule has 0 atom stereocenters. The maximum Gasteiger partial charge on any atom is 0.321 e. The number of urea groups is 1. The maximum absolute atomic E-state index is 11.9. The molecule has 1 aliphatic rings. The van der Waals surface area contributed by atoms with Gasteiger partial charge >= 0.3 is 6.03 Å². The molecule has 112 valence electrons. The van der Waals surface area contributed by atoms with Crippen LogP contribution in [0.25, 0.3) is 5.65 Å². The van der Waals surface area contributed by atoms with E-state index >= 15 is 0 Å². The largest absolute Gasteiger partial charge is 0.385 e. The lowest BCUT2D eigenvalue weighted by Crippen LogP contribution is -2.34. The van der Waals surface area contributed by atoms with E-state index in [-0.39, 0.29) is 11.4 Å². The monoisotopic (exact) mass is 289 g/mol. The molecule has 21 heavy (non-hydrogen) atoms. The number of amides is 2. The molecule has 0 spiro atoms. The summed E-state index contributed by atoms with van der Waals surface area (Å²) in [5, 5.41) is 9.73. The first kappa shape index (κ1) is 13.8. The highest BCUT2D eigenvalue weighted by atomic mass is 16.5. The molecule has 2 aromatic rings. The van der Waals surface area contributed by atoms with Crippen LogP contribution in [0, 0.1) is 5.41 Å². The first-order valence-corrected chi connectivity index (χ1v) is 7.06. The maximum atomic E-state index is 11.9. The topological polar surface area (TPSA) is 80.5 Å². The predicted molar refractivity (Wildman–Crippen MR) is 78.2 cm³/mol. The number of carbonyl (C=O) groups excluding carboxylic acids is 1. The van der Waals surface area contributed by atoms with E-state index in [0.717, 1.165) is 25.9 Å². The molecule has 1 saturated carbocycles. The second-order valence-corrected chi connectivity index (χ2v) is 5.49. The third kappa shape index (κ3) is 3.30. The molecule has 0 radical (unpaired) electrons. The molecule has 1 aliphatic carbocycles. The Balaban J connectivity index is 1.52. The van der Waals surface area contributed by atoms with Gasteiger partial charge in [0.05, 0.1) is 0 Å². The summed E-state index contributed by atoms with van der Waals surface area (Å²) < 4.78 is 6.72. The van der Waals surface area contributed by atoms with Gasteiger partial charge in [-0.3, -0.25) is 5.32 Å². The summed E-state index contributed by atoms with van der Waals surface area (Å²) in [6.45, 7) is 1.40. The first-order chi connectivity index (χ1) is 10.2. The first-order valence-electron chi connectivity index (χ1n) is 7.06. The molecule has 3 rings (SSSR count). The van der Waals surface area contributed by atoms with E-state index < -0.39 is 0 Å². The third-order valence-electron chi connectivity index (χ3n) is 3.88. The Morgan fingerprint density at radius 1 is 1.48 bits per heavy atom. The fourth-order valence-electron chi connectivity index (χ4n) is 2.31. The van der Waals surface area contributed by atoms with Crippen molar-refractivity contribution >= 4 is 17.6 Å². The number of ether oxygens (including phenoxy) is 1. The number of methoxy groups -OCH3 is 1. The second-order valence-electron chi connectivity index (χ2n) is 5.49. The van der Waals surface area contributed by atoms with E-state index in [4.69, 9.17) is 4.74 Å². The molecule has 0 bridgehead atoms. The van der Waals surface area contributed by atoms with Crippen LogP contribution in [0.2, 0.25) is 0 Å². The van der Waals surface area contributed by atoms with E-state index in [9.17, 15) is 4.79 Å². The number of hydrogen-bond donors (Lipinski definition) is 2. The van der Waals surface area contributed by atoms with Crippen LogP contribution in [0.3, 0.4) is 0 Å². The van der Waals surface area contributed by atoms with E-state index in [1.54, 1.807) is 17.8 Å². The van der Waals surface area contributed by atoms with Crippen LogP contribution >= 0.6 is 0 Å². The molecule has 2 N–H and O–H groups in total. The minimum absolute atomic E-state index is 0.222. The van der Waals surface area contributed by atoms with Gasteiger partial charge < -0.3 is 10.1 Å². The fraction of sp³-hybridized carbons (Fsp3) is 0.500. The van der Waals surface area contributed by atoms with Crippen LogP contribution in [-0.4, -0.2) is 40.9 Å². The van der Waals surface area contributed by atoms with Crippen molar-refractivity contribution in [1.82, 2.24) is 19.9 Å². The van der Waals surface area contributed by atoms with Crippen LogP contribution in [-0.2, 0) is 4.74 Å². The van der Waals surface area contributed by atoms with Gasteiger partial charge in [-0.2, -0.15) is 4.98 Å². The molecule has 0 aromatic carbocycles. The zero-order valence-electron chi connectivity index (χ0n) is 12.0. The summed E-state index contributed by atoms with van der Waals surface area (Å²) in [6.07, 6.45) is 5.05. The van der Waals surface area contributed by atoms with Gasteiger partial charge in [-0.25, -0.2) is 9.31 Å². The fourth-order valence-corrected chi connectivity index (χ4v) is 2.31. The molecule has 2 amide bonds. The molecule has 2 aromatic heterocycles. The van der Waals surface area contributed by atoms with Gasteiger partial charge in [-0.05, 0) is 36.8 Å². The highest BCUT2D eigenvalue weighted by molar-refractivity contribution is 5.87. The second kappa shape index (κ2) is 5.69. The molecule has 0 aliphatic heterocycles. The lowest BCUT2D eigenvalue weighted by molar-refractivity contribution is 0.171. The molecular weight excluding hydrogens is 270 g/mol. The highest BCUT2D eigenvalue weighted by Gasteiger charge is 2.42. The quantitative estimate of drug-likeness (QED) is 0.847.